The third kappa shape index (κ3) is 15.2. The second kappa shape index (κ2) is 31.6. The highest BCUT2D eigenvalue weighted by atomic mass is 16.7. The van der Waals surface area contributed by atoms with E-state index in [0.29, 0.717) is 0 Å². The monoisotopic (exact) mass is 1400 g/mol. The normalized spacial score (nSPS) is 40.6. The molecule has 46 nitrogen and oxygen atoms in total. The summed E-state index contributed by atoms with van der Waals surface area (Å²) in [5.41, 5.74) is -0.00282. The van der Waals surface area contributed by atoms with Crippen LogP contribution in [0.25, 0.3) is 0 Å². The van der Waals surface area contributed by atoms with Crippen molar-refractivity contribution < 1.29 is 154 Å². The summed E-state index contributed by atoms with van der Waals surface area (Å²) in [5, 5.41) is 250. The summed E-state index contributed by atoms with van der Waals surface area (Å²) in [7, 11) is 0. The van der Waals surface area contributed by atoms with E-state index in [2.05, 4.69) is 51.6 Å². The zero-order valence-corrected chi connectivity index (χ0v) is 50.6. The first-order chi connectivity index (χ1) is 46.6. The Hall–Kier alpha value is -5.54. The zero-order valence-electron chi connectivity index (χ0n) is 50.6. The van der Waals surface area contributed by atoms with E-state index in [1.54, 1.807) is 0 Å². The second-order valence-electron chi connectivity index (χ2n) is 23.7. The van der Waals surface area contributed by atoms with E-state index in [-0.39, 0.29) is 28.5 Å². The van der Waals surface area contributed by atoms with E-state index in [9.17, 15) is 102 Å². The van der Waals surface area contributed by atoms with Crippen molar-refractivity contribution in [3.63, 3.8) is 0 Å². The van der Waals surface area contributed by atoms with E-state index >= 15 is 0 Å². The maximum Gasteiger partial charge on any atom is 0.187 e. The van der Waals surface area contributed by atoms with Crippen LogP contribution in [0.1, 0.15) is 59.6 Å². The fraction of sp³-hybridized carbons (Fsp3) is 0.804. The molecule has 0 radical (unpaired) electrons. The van der Waals surface area contributed by atoms with Gasteiger partial charge in [0.05, 0.1) is 104 Å². The number of aromatic nitrogens is 15. The lowest BCUT2D eigenvalue weighted by Gasteiger charge is -2.45. The van der Waals surface area contributed by atoms with Crippen LogP contribution in [0.2, 0.25) is 0 Å². The molecule has 6 aliphatic rings. The van der Waals surface area contributed by atoms with Gasteiger partial charge in [0.2, 0.25) is 0 Å². The van der Waals surface area contributed by atoms with Crippen LogP contribution in [0, 0.1) is 0 Å². The first-order valence-corrected chi connectivity index (χ1v) is 30.3. The first kappa shape index (κ1) is 72.7. The van der Waals surface area contributed by atoms with Gasteiger partial charge in [-0.3, -0.25) is 0 Å². The topological polar surface area (TPSA) is 660 Å². The zero-order chi connectivity index (χ0) is 69.3. The predicted molar refractivity (Wildman–Crippen MR) is 294 cm³/mol. The Bertz CT molecular complexity index is 3260. The fourth-order valence-electron chi connectivity index (χ4n) is 11.7. The average molecular weight is 1400 g/mol. The fourth-order valence-corrected chi connectivity index (χ4v) is 11.7. The van der Waals surface area contributed by atoms with Crippen molar-refractivity contribution in [2.75, 3.05) is 39.6 Å². The molecule has 0 bridgehead atoms. The molecule has 6 fully saturated rings. The molecule has 20 N–H and O–H groups in total. The number of rotatable bonds is 26. The molecule has 0 spiro atoms. The largest absolute Gasteiger partial charge is 0.394 e. The molecule has 30 atom stereocenters. The van der Waals surface area contributed by atoms with Gasteiger partial charge in [-0.15, -0.1) is 25.5 Å². The van der Waals surface area contributed by atoms with Gasteiger partial charge in [-0.05, 0) is 0 Å². The van der Waals surface area contributed by atoms with E-state index in [0.717, 1.165) is 23.4 Å². The Morgan fingerprint density at radius 2 is 0.526 bits per heavy atom. The van der Waals surface area contributed by atoms with Crippen LogP contribution in [0.5, 0.6) is 0 Å². The van der Waals surface area contributed by atoms with Crippen molar-refractivity contribution in [3.8, 4) is 0 Å². The maximum atomic E-state index is 11.0. The maximum absolute atomic E-state index is 11.0. The summed E-state index contributed by atoms with van der Waals surface area (Å²) < 4.78 is 72.6. The third-order valence-electron chi connectivity index (χ3n) is 17.2. The lowest BCUT2D eigenvalue weighted by Crippen LogP contribution is -2.61. The van der Waals surface area contributed by atoms with Gasteiger partial charge in [0, 0.05) is 0 Å². The van der Waals surface area contributed by atoms with Crippen LogP contribution in [0.4, 0.5) is 0 Å². The van der Waals surface area contributed by atoms with Crippen LogP contribution in [-0.4, -0.2) is 370 Å². The van der Waals surface area contributed by atoms with Crippen molar-refractivity contribution >= 4 is 0 Å². The van der Waals surface area contributed by atoms with Crippen LogP contribution < -0.4 is 0 Å². The Morgan fingerprint density at radius 3 is 0.804 bits per heavy atom. The van der Waals surface area contributed by atoms with E-state index in [1.165, 1.54) is 31.0 Å². The standard InChI is InChI=1S/C51H77N15O31/c67-6-22-28(72)33(77)38(82)46(92-22)62-1-17(52-57-62)11-87-16-27-43(88-12-18-2-63(58-53-18)47-39(83)34(78)29(73)23(7-68)93-47)44(89-13-19-3-64(59-54-19)48-40(84)35(79)30(74)24(8-69)94-48)45(90-14-20-4-65(60-55-20)49-41(85)36(80)31(75)25(9-70)95-49)51(97-27)91-15-21-5-66(61-56-21)50-42(86)37(81)32(76)26(10-71)96-50/h1-5,22-51,67-86H,6-16H2/t22-,23-,24-,25-,26-,27-,28-,29-,30-,31-,32-,33+,34+,35+,36+,37+,38+,39+,40+,41+,42+,43-,44+,45-,46+,47+,48+,49+,50+,51-/m1/s1. The highest BCUT2D eigenvalue weighted by Gasteiger charge is 2.53. The molecule has 11 heterocycles. The smallest absolute Gasteiger partial charge is 0.187 e. The molecule has 0 aliphatic carbocycles. The molecule has 97 heavy (non-hydrogen) atoms. The summed E-state index contributed by atoms with van der Waals surface area (Å²) in [6, 6.07) is 0. The lowest BCUT2D eigenvalue weighted by molar-refractivity contribution is -0.331. The Kier molecular flexibility index (Phi) is 23.7. The van der Waals surface area contributed by atoms with Gasteiger partial charge in [-0.1, -0.05) is 26.1 Å². The molecule has 0 amide bonds. The molecule has 542 valence electrons. The quantitative estimate of drug-likeness (QED) is 0.0244. The van der Waals surface area contributed by atoms with E-state index in [4.69, 9.17) is 52.1 Å². The molecular weight excluding hydrogens is 1320 g/mol. The third-order valence-corrected chi connectivity index (χ3v) is 17.2. The van der Waals surface area contributed by atoms with Gasteiger partial charge in [0.1, 0.15) is 175 Å². The molecule has 0 aromatic carbocycles. The molecule has 11 rings (SSSR count). The summed E-state index contributed by atoms with van der Waals surface area (Å²) in [6.07, 6.45) is -42.4. The minimum absolute atomic E-state index is 0.00852. The van der Waals surface area contributed by atoms with Crippen molar-refractivity contribution in [1.82, 2.24) is 75.0 Å². The number of ether oxygens (including phenoxy) is 11. The molecule has 0 unspecified atom stereocenters. The summed E-state index contributed by atoms with van der Waals surface area (Å²) in [5.74, 6) is 0. The van der Waals surface area contributed by atoms with Gasteiger partial charge >= 0.3 is 0 Å². The second-order valence-corrected chi connectivity index (χ2v) is 23.7. The average Bonchev–Trinajstić information content (AvgIpc) is 1.63. The first-order valence-electron chi connectivity index (χ1n) is 30.3. The number of hydrogen-bond acceptors (Lipinski definition) is 41. The van der Waals surface area contributed by atoms with Crippen LogP contribution >= 0.6 is 0 Å². The van der Waals surface area contributed by atoms with Gasteiger partial charge < -0.3 is 154 Å². The highest BCUT2D eigenvalue weighted by molar-refractivity contribution is 5.04. The van der Waals surface area contributed by atoms with Crippen molar-refractivity contribution in [3.05, 3.63) is 59.5 Å². The number of nitrogens with zero attached hydrogens (tertiary/aromatic N) is 15. The molecule has 46 heteroatoms. The van der Waals surface area contributed by atoms with E-state index in [1.807, 2.05) is 0 Å². The Morgan fingerprint density at radius 1 is 0.278 bits per heavy atom. The molecule has 6 saturated heterocycles. The number of aliphatic hydroxyl groups excluding tert-OH is 20. The summed E-state index contributed by atoms with van der Waals surface area (Å²) in [6.45, 7) is -7.02. The number of hydrogen-bond donors (Lipinski definition) is 20. The van der Waals surface area contributed by atoms with Crippen LogP contribution in [-0.2, 0) is 85.1 Å². The van der Waals surface area contributed by atoms with Crippen molar-refractivity contribution in [2.24, 2.45) is 0 Å². The van der Waals surface area contributed by atoms with Crippen molar-refractivity contribution in [1.29, 1.82) is 0 Å². The minimum Gasteiger partial charge on any atom is -0.394 e. The Labute approximate surface area is 544 Å². The van der Waals surface area contributed by atoms with Crippen molar-refractivity contribution in [2.45, 2.75) is 217 Å². The van der Waals surface area contributed by atoms with Crippen LogP contribution in [0.15, 0.2) is 31.0 Å². The van der Waals surface area contributed by atoms with Gasteiger partial charge in [-0.25, -0.2) is 23.4 Å². The predicted octanol–water partition coefficient (Wildman–Crippen LogP) is -14.3. The SMILES string of the molecule is OC[C@H]1O[C@H](n2cc(COC[C@H]3O[C@@H](OCc4cn([C@H]5O[C@H](CO)[C@@H](O)[C@H](O)[C@@H]5O)nn4)[C@H](OCc4cn([C@H]5O[C@H](CO)[C@@H](O)[C@H](O)[C@@H]5O)nn4)[C@@H](OCc4cn([C@H]5O[C@H](CO)[C@@H](O)[C@H](O)[C@@H]5O)nn4)[C@@H]3OCc3cn([C@H]4O[C@H](CO)[C@@H](O)[C@H](O)[C@@H]4O)nn3)nn2)[C@@H](O)[C@@H](O)[C@@H]1O. The molecule has 0 saturated carbocycles. The summed E-state index contributed by atoms with van der Waals surface area (Å²) in [4.78, 5) is 0. The molecule has 6 aliphatic heterocycles. The molecular formula is C51H77N15O31. The van der Waals surface area contributed by atoms with Gasteiger partial charge in [-0.2, -0.15) is 0 Å². The molecule has 5 aromatic heterocycles. The molecule has 5 aromatic rings. The number of aliphatic hydroxyl groups is 20. The van der Waals surface area contributed by atoms with Gasteiger partial charge in [0.15, 0.2) is 37.4 Å². The Balaban J connectivity index is 0.940. The summed E-state index contributed by atoms with van der Waals surface area (Å²) >= 11 is 0. The van der Waals surface area contributed by atoms with E-state index < -0.39 is 257 Å². The van der Waals surface area contributed by atoms with Crippen LogP contribution in [0.3, 0.4) is 0 Å². The lowest BCUT2D eigenvalue weighted by atomic mass is 9.98. The van der Waals surface area contributed by atoms with Gasteiger partial charge in [0.25, 0.3) is 0 Å². The highest BCUT2D eigenvalue weighted by Crippen LogP contribution is 2.36. The minimum atomic E-state index is -1.82.